The third kappa shape index (κ3) is 7.86. The zero-order valence-electron chi connectivity index (χ0n) is 24.0. The molecule has 10 heteroatoms. The second-order valence-corrected chi connectivity index (χ2v) is 11.2. The molecule has 0 unspecified atom stereocenters. The van der Waals surface area contributed by atoms with Crippen molar-refractivity contribution in [2.24, 2.45) is 5.92 Å². The minimum absolute atomic E-state index is 0.0352. The molecular formula is C30H41N3O7. The Morgan fingerprint density at radius 1 is 1.23 bits per heavy atom. The second-order valence-electron chi connectivity index (χ2n) is 11.2. The minimum Gasteiger partial charge on any atom is -0.494 e. The van der Waals surface area contributed by atoms with Gasteiger partial charge in [0.15, 0.2) is 0 Å². The predicted octanol–water partition coefficient (Wildman–Crippen LogP) is 4.95. The molecule has 0 spiro atoms. The first-order valence-electron chi connectivity index (χ1n) is 13.7. The molecule has 1 aromatic heterocycles. The molecule has 218 valence electrons. The molecule has 0 aliphatic carbocycles. The zero-order chi connectivity index (χ0) is 29.4. The van der Waals surface area contributed by atoms with Crippen molar-refractivity contribution in [1.29, 1.82) is 0 Å². The van der Waals surface area contributed by atoms with Gasteiger partial charge in [0, 0.05) is 17.2 Å². The summed E-state index contributed by atoms with van der Waals surface area (Å²) >= 11 is 0. The highest BCUT2D eigenvalue weighted by Crippen LogP contribution is 2.33. The number of benzene rings is 1. The number of carboxylic acid groups (broad SMARTS) is 1. The number of nitrogens with one attached hydrogen (secondary N) is 1. The maximum absolute atomic E-state index is 13.9. The molecule has 1 fully saturated rings. The molecule has 0 saturated carbocycles. The number of amides is 2. The fraction of sp³-hybridized carbons (Fsp3) is 0.533. The van der Waals surface area contributed by atoms with E-state index in [0.717, 1.165) is 30.0 Å². The topological polar surface area (TPSA) is 127 Å². The Labute approximate surface area is 235 Å². The number of fused-ring (bicyclic) bond motifs is 1. The van der Waals surface area contributed by atoms with Crippen molar-refractivity contribution in [2.75, 3.05) is 13.7 Å². The molecule has 1 saturated heterocycles. The van der Waals surface area contributed by atoms with E-state index in [1.807, 2.05) is 37.3 Å². The lowest BCUT2D eigenvalue weighted by Gasteiger charge is -2.31. The first kappa shape index (κ1) is 30.7. The molecule has 0 radical (unpaired) electrons. The van der Waals surface area contributed by atoms with Crippen LogP contribution >= 0.6 is 0 Å². The summed E-state index contributed by atoms with van der Waals surface area (Å²) < 4.78 is 17.0. The number of ether oxygens (including phenoxy) is 3. The van der Waals surface area contributed by atoms with Crippen molar-refractivity contribution in [1.82, 2.24) is 15.2 Å². The van der Waals surface area contributed by atoms with Crippen molar-refractivity contribution in [3.8, 4) is 11.6 Å². The molecule has 2 aromatic rings. The van der Waals surface area contributed by atoms with Crippen LogP contribution in [0, 0.1) is 5.92 Å². The molecular weight excluding hydrogens is 514 g/mol. The van der Waals surface area contributed by atoms with E-state index in [1.165, 1.54) is 4.90 Å². The average molecular weight is 556 g/mol. The van der Waals surface area contributed by atoms with Gasteiger partial charge in [0.2, 0.25) is 11.8 Å². The molecule has 10 nitrogen and oxygen atoms in total. The number of carboxylic acids is 1. The van der Waals surface area contributed by atoms with E-state index in [-0.39, 0.29) is 18.9 Å². The average Bonchev–Trinajstić information content (AvgIpc) is 3.33. The van der Waals surface area contributed by atoms with Gasteiger partial charge in [-0.1, -0.05) is 37.6 Å². The van der Waals surface area contributed by atoms with Crippen LogP contribution in [0.2, 0.25) is 0 Å². The maximum Gasteiger partial charge on any atom is 0.408 e. The van der Waals surface area contributed by atoms with Gasteiger partial charge in [0.25, 0.3) is 0 Å². The molecule has 2 heterocycles. The van der Waals surface area contributed by atoms with Gasteiger partial charge in [-0.3, -0.25) is 4.79 Å². The number of pyridine rings is 1. The van der Waals surface area contributed by atoms with Crippen molar-refractivity contribution < 1.29 is 33.7 Å². The summed E-state index contributed by atoms with van der Waals surface area (Å²) in [5.41, 5.74) is -0.755. The number of carbonyl (C=O) groups excluding carboxylic acids is 2. The monoisotopic (exact) mass is 555 g/mol. The van der Waals surface area contributed by atoms with E-state index in [0.29, 0.717) is 18.1 Å². The van der Waals surface area contributed by atoms with Crippen molar-refractivity contribution in [3.05, 3.63) is 43.1 Å². The van der Waals surface area contributed by atoms with Crippen LogP contribution in [0.5, 0.6) is 11.6 Å². The number of likely N-dealkylation sites (tertiary alicyclic amines) is 1. The number of aliphatic carboxylic acids is 1. The number of alkyl carbamates (subject to hydrolysis) is 1. The van der Waals surface area contributed by atoms with E-state index in [2.05, 4.69) is 16.9 Å². The number of hydrogen-bond acceptors (Lipinski definition) is 7. The van der Waals surface area contributed by atoms with Crippen LogP contribution in [0.3, 0.4) is 0 Å². The predicted molar refractivity (Wildman–Crippen MR) is 151 cm³/mol. The highest BCUT2D eigenvalue weighted by atomic mass is 16.6. The molecule has 1 aliphatic heterocycles. The molecule has 4 atom stereocenters. The number of nitrogens with zero attached hydrogens (tertiary/aromatic N) is 2. The van der Waals surface area contributed by atoms with Gasteiger partial charge in [-0.15, -0.1) is 6.58 Å². The van der Waals surface area contributed by atoms with Crippen molar-refractivity contribution in [3.63, 3.8) is 0 Å². The third-order valence-corrected chi connectivity index (χ3v) is 6.88. The highest BCUT2D eigenvalue weighted by Gasteiger charge is 2.44. The van der Waals surface area contributed by atoms with Gasteiger partial charge in [-0.25, -0.2) is 14.6 Å². The summed E-state index contributed by atoms with van der Waals surface area (Å²) in [6.07, 6.45) is 5.39. The summed E-state index contributed by atoms with van der Waals surface area (Å²) in [6.45, 7) is 10.9. The lowest BCUT2D eigenvalue weighted by atomic mass is 9.94. The quantitative estimate of drug-likeness (QED) is 0.278. The first-order valence-corrected chi connectivity index (χ1v) is 13.7. The molecule has 40 heavy (non-hydrogen) atoms. The number of methoxy groups -OCH3 is 1. The maximum atomic E-state index is 13.9. The van der Waals surface area contributed by atoms with E-state index < -0.39 is 41.8 Å². The first-order chi connectivity index (χ1) is 18.9. The number of unbranched alkanes of at least 4 members (excludes halogenated alkanes) is 2. The molecule has 2 N–H and O–H groups in total. The minimum atomic E-state index is -1.14. The normalized spacial score (nSPS) is 18.6. The number of allylic oxidation sites excluding steroid dienone is 1. The van der Waals surface area contributed by atoms with Crippen LogP contribution in [-0.4, -0.2) is 70.4 Å². The van der Waals surface area contributed by atoms with Gasteiger partial charge >= 0.3 is 12.1 Å². The summed E-state index contributed by atoms with van der Waals surface area (Å²) in [7, 11) is 1.56. The Hall–Kier alpha value is -3.82. The van der Waals surface area contributed by atoms with Gasteiger partial charge in [0.05, 0.1) is 19.9 Å². The Morgan fingerprint density at radius 2 is 1.93 bits per heavy atom. The van der Waals surface area contributed by atoms with Gasteiger partial charge in [-0.05, 0) is 52.0 Å². The van der Waals surface area contributed by atoms with E-state index >= 15 is 0 Å². The lowest BCUT2D eigenvalue weighted by molar-refractivity contribution is -0.149. The zero-order valence-corrected chi connectivity index (χ0v) is 24.0. The molecule has 1 aliphatic rings. The van der Waals surface area contributed by atoms with Crippen molar-refractivity contribution >= 4 is 28.7 Å². The molecule has 2 amide bonds. The van der Waals surface area contributed by atoms with E-state index in [9.17, 15) is 19.5 Å². The van der Waals surface area contributed by atoms with Crippen LogP contribution in [0.1, 0.15) is 59.8 Å². The lowest BCUT2D eigenvalue weighted by Crippen LogP contribution is -2.55. The number of aromatic nitrogens is 1. The van der Waals surface area contributed by atoms with Gasteiger partial charge < -0.3 is 29.5 Å². The SMILES string of the molecule is C=CCCCC[C@@H](C)[C@H](NC(=O)OC(C)(C)C)C(=O)N1C[C@H](Oc2ncc(OC)c3ccccc23)C[C@H]1C(=O)O. The Balaban J connectivity index is 1.83. The van der Waals surface area contributed by atoms with Crippen LogP contribution in [0.25, 0.3) is 10.8 Å². The largest absolute Gasteiger partial charge is 0.494 e. The van der Waals surface area contributed by atoms with Crippen molar-refractivity contribution in [2.45, 2.75) is 83.6 Å². The second kappa shape index (κ2) is 13.5. The summed E-state index contributed by atoms with van der Waals surface area (Å²) in [5, 5.41) is 14.3. The Morgan fingerprint density at radius 3 is 2.55 bits per heavy atom. The van der Waals surface area contributed by atoms with Crippen LogP contribution in [0.4, 0.5) is 4.79 Å². The summed E-state index contributed by atoms with van der Waals surface area (Å²) in [6, 6.07) is 5.39. The van der Waals surface area contributed by atoms with Crippen LogP contribution in [0.15, 0.2) is 43.1 Å². The molecule has 0 bridgehead atoms. The number of hydrogen-bond donors (Lipinski definition) is 2. The number of carbonyl (C=O) groups is 3. The van der Waals surface area contributed by atoms with Gasteiger partial charge in [-0.2, -0.15) is 0 Å². The highest BCUT2D eigenvalue weighted by molar-refractivity contribution is 5.92. The van der Waals surface area contributed by atoms with Crippen LogP contribution in [-0.2, 0) is 14.3 Å². The molecule has 3 rings (SSSR count). The fourth-order valence-electron chi connectivity index (χ4n) is 4.90. The number of rotatable bonds is 12. The summed E-state index contributed by atoms with van der Waals surface area (Å²) in [4.78, 5) is 44.5. The molecule has 1 aromatic carbocycles. The third-order valence-electron chi connectivity index (χ3n) is 6.88. The summed E-state index contributed by atoms with van der Waals surface area (Å²) in [5.74, 6) is -0.951. The van der Waals surface area contributed by atoms with E-state index in [1.54, 1.807) is 34.1 Å². The van der Waals surface area contributed by atoms with E-state index in [4.69, 9.17) is 14.2 Å². The standard InChI is InChI=1S/C30H41N3O7/c1-7-8-9-10-13-19(2)25(32-29(37)40-30(3,4)5)27(34)33-18-20(16-23(33)28(35)36)39-26-22-15-12-11-14-21(22)24(38-6)17-31-26/h7,11-12,14-15,17,19-20,23,25H,1,8-10,13,16,18H2,2-6H3,(H,32,37)(H,35,36)/t19-,20-,23+,25+/m1/s1. The van der Waals surface area contributed by atoms with Crippen LogP contribution < -0.4 is 14.8 Å². The fourth-order valence-corrected chi connectivity index (χ4v) is 4.90. The Kier molecular flexibility index (Phi) is 10.4. The smallest absolute Gasteiger partial charge is 0.408 e. The Bertz CT molecular complexity index is 1210. The van der Waals surface area contributed by atoms with Gasteiger partial charge in [0.1, 0.15) is 29.5 Å².